The second-order valence-corrected chi connectivity index (χ2v) is 4.22. The zero-order chi connectivity index (χ0) is 14.4. The van der Waals surface area contributed by atoms with Crippen molar-refractivity contribution in [2.24, 2.45) is 5.73 Å². The second kappa shape index (κ2) is 6.75. The van der Waals surface area contributed by atoms with Crippen molar-refractivity contribution in [2.45, 2.75) is 13.0 Å². The third kappa shape index (κ3) is 3.96. The summed E-state index contributed by atoms with van der Waals surface area (Å²) in [6.45, 7) is 1.55. The molecule has 1 atom stereocenters. The number of benzene rings is 1. The van der Waals surface area contributed by atoms with E-state index in [0.29, 0.717) is 5.56 Å². The molecule has 6 nitrogen and oxygen atoms in total. The number of rotatable bonds is 5. The number of hydrogen-bond acceptors (Lipinski definition) is 4. The summed E-state index contributed by atoms with van der Waals surface area (Å²) in [4.78, 5) is 24.3. The van der Waals surface area contributed by atoms with Gasteiger partial charge in [0.1, 0.15) is 5.75 Å². The summed E-state index contributed by atoms with van der Waals surface area (Å²) < 4.78 is 0. The number of carbonyl (C=O) groups is 2. The summed E-state index contributed by atoms with van der Waals surface area (Å²) in [5, 5.41) is 12.2. The summed E-state index contributed by atoms with van der Waals surface area (Å²) in [6.07, 6.45) is 0. The van der Waals surface area contributed by atoms with Crippen LogP contribution in [0, 0.1) is 0 Å². The Kier molecular flexibility index (Phi) is 5.32. The maximum absolute atomic E-state index is 11.9. The van der Waals surface area contributed by atoms with E-state index < -0.39 is 0 Å². The third-order valence-electron chi connectivity index (χ3n) is 2.98. The van der Waals surface area contributed by atoms with Crippen molar-refractivity contribution in [2.75, 3.05) is 20.1 Å². The van der Waals surface area contributed by atoms with E-state index in [1.165, 1.54) is 4.90 Å². The van der Waals surface area contributed by atoms with E-state index in [0.717, 1.165) is 0 Å². The fourth-order valence-electron chi connectivity index (χ4n) is 1.64. The van der Waals surface area contributed by atoms with Gasteiger partial charge in [0, 0.05) is 12.6 Å². The largest absolute Gasteiger partial charge is 0.508 e. The molecular weight excluding hydrogens is 246 g/mol. The van der Waals surface area contributed by atoms with Crippen LogP contribution in [0.1, 0.15) is 18.5 Å². The number of para-hydroxylation sites is 1. The Balaban J connectivity index is 2.66. The number of nitrogens with zero attached hydrogens (tertiary/aromatic N) is 1. The Morgan fingerprint density at radius 1 is 1.42 bits per heavy atom. The molecule has 0 aromatic heterocycles. The number of hydrogen-bond donors (Lipinski definition) is 3. The molecule has 1 aromatic carbocycles. The normalized spacial score (nSPS) is 11.7. The molecule has 0 bridgehead atoms. The first-order chi connectivity index (χ1) is 8.97. The zero-order valence-electron chi connectivity index (χ0n) is 11.1. The molecule has 0 heterocycles. The number of phenols is 1. The molecule has 1 unspecified atom stereocenters. The molecule has 1 aromatic rings. The Bertz CT molecular complexity index is 462. The molecule has 4 N–H and O–H groups in total. The van der Waals surface area contributed by atoms with Crippen molar-refractivity contribution in [3.63, 3.8) is 0 Å². The molecule has 0 aliphatic carbocycles. The lowest BCUT2D eigenvalue weighted by Gasteiger charge is -2.26. The molecule has 0 fully saturated rings. The van der Waals surface area contributed by atoms with Crippen LogP contribution in [0.15, 0.2) is 24.3 Å². The van der Waals surface area contributed by atoms with Gasteiger partial charge in [0.2, 0.25) is 11.8 Å². The number of nitrogens with two attached hydrogens (primary N) is 1. The van der Waals surface area contributed by atoms with Gasteiger partial charge in [0.15, 0.2) is 0 Å². The van der Waals surface area contributed by atoms with E-state index in [1.807, 2.05) is 0 Å². The monoisotopic (exact) mass is 265 g/mol. The lowest BCUT2D eigenvalue weighted by atomic mass is 10.1. The second-order valence-electron chi connectivity index (χ2n) is 4.22. The molecule has 6 heteroatoms. The van der Waals surface area contributed by atoms with Gasteiger partial charge in [-0.25, -0.2) is 0 Å². The van der Waals surface area contributed by atoms with Gasteiger partial charge in [-0.2, -0.15) is 0 Å². The first kappa shape index (κ1) is 15.0. The highest BCUT2D eigenvalue weighted by atomic mass is 16.3. The van der Waals surface area contributed by atoms with Crippen molar-refractivity contribution in [3.8, 4) is 5.75 Å². The molecule has 0 spiro atoms. The van der Waals surface area contributed by atoms with Crippen molar-refractivity contribution < 1.29 is 14.7 Å². The fraction of sp³-hybridized carbons (Fsp3) is 0.385. The fourth-order valence-corrected chi connectivity index (χ4v) is 1.64. The Morgan fingerprint density at radius 3 is 2.63 bits per heavy atom. The van der Waals surface area contributed by atoms with Gasteiger partial charge < -0.3 is 21.1 Å². The van der Waals surface area contributed by atoms with E-state index in [4.69, 9.17) is 5.73 Å². The molecule has 1 rings (SSSR count). The van der Waals surface area contributed by atoms with Gasteiger partial charge in [0.05, 0.1) is 19.1 Å². The Hall–Kier alpha value is -2.08. The lowest BCUT2D eigenvalue weighted by molar-refractivity contribution is -0.133. The van der Waals surface area contributed by atoms with Crippen LogP contribution in [0.5, 0.6) is 5.75 Å². The average Bonchev–Trinajstić information content (AvgIpc) is 2.43. The first-order valence-corrected chi connectivity index (χ1v) is 5.97. The first-order valence-electron chi connectivity index (χ1n) is 5.97. The SMILES string of the molecule is CC(c1ccccc1O)N(C)C(=O)CNC(=O)CN. The summed E-state index contributed by atoms with van der Waals surface area (Å²) in [6, 6.07) is 6.54. The smallest absolute Gasteiger partial charge is 0.242 e. The lowest BCUT2D eigenvalue weighted by Crippen LogP contribution is -2.41. The molecule has 104 valence electrons. The summed E-state index contributed by atoms with van der Waals surface area (Å²) in [5.74, 6) is -0.491. The minimum atomic E-state index is -0.378. The molecule has 0 aliphatic rings. The summed E-state index contributed by atoms with van der Waals surface area (Å²) >= 11 is 0. The maximum Gasteiger partial charge on any atom is 0.242 e. The number of nitrogens with one attached hydrogen (secondary N) is 1. The predicted octanol–water partition coefficient (Wildman–Crippen LogP) is -0.0135. The van der Waals surface area contributed by atoms with E-state index >= 15 is 0 Å². The number of phenolic OH excluding ortho intramolecular Hbond substituents is 1. The van der Waals surface area contributed by atoms with Crippen LogP contribution in [0.2, 0.25) is 0 Å². The van der Waals surface area contributed by atoms with Crippen LogP contribution in [0.3, 0.4) is 0 Å². The van der Waals surface area contributed by atoms with Crippen molar-refractivity contribution in [1.29, 1.82) is 0 Å². The van der Waals surface area contributed by atoms with Crippen LogP contribution in [-0.4, -0.2) is 42.0 Å². The Labute approximate surface area is 112 Å². The van der Waals surface area contributed by atoms with Gasteiger partial charge in [-0.15, -0.1) is 0 Å². The molecule has 2 amide bonds. The molecule has 0 radical (unpaired) electrons. The molecule has 0 saturated heterocycles. The number of aromatic hydroxyl groups is 1. The minimum absolute atomic E-state index is 0.107. The maximum atomic E-state index is 11.9. The quantitative estimate of drug-likeness (QED) is 0.697. The number of amides is 2. The zero-order valence-corrected chi connectivity index (χ0v) is 11.1. The summed E-state index contributed by atoms with van der Waals surface area (Å²) in [7, 11) is 1.62. The van der Waals surface area contributed by atoms with Crippen LogP contribution in [0.4, 0.5) is 0 Å². The standard InChI is InChI=1S/C13H19N3O3/c1-9(10-5-3-4-6-11(10)17)16(2)13(19)8-15-12(18)7-14/h3-6,9,17H,7-8,14H2,1-2H3,(H,15,18). The van der Waals surface area contributed by atoms with Gasteiger partial charge in [-0.05, 0) is 13.0 Å². The van der Waals surface area contributed by atoms with Crippen molar-refractivity contribution in [1.82, 2.24) is 10.2 Å². The van der Waals surface area contributed by atoms with Crippen LogP contribution in [-0.2, 0) is 9.59 Å². The minimum Gasteiger partial charge on any atom is -0.508 e. The molecular formula is C13H19N3O3. The van der Waals surface area contributed by atoms with Crippen LogP contribution >= 0.6 is 0 Å². The number of likely N-dealkylation sites (N-methyl/N-ethyl adjacent to an activating group) is 1. The predicted molar refractivity (Wildman–Crippen MR) is 71.4 cm³/mol. The van der Waals surface area contributed by atoms with E-state index in [2.05, 4.69) is 5.32 Å². The average molecular weight is 265 g/mol. The van der Waals surface area contributed by atoms with Gasteiger partial charge >= 0.3 is 0 Å². The van der Waals surface area contributed by atoms with Crippen molar-refractivity contribution in [3.05, 3.63) is 29.8 Å². The van der Waals surface area contributed by atoms with E-state index in [1.54, 1.807) is 38.2 Å². The molecule has 0 saturated carbocycles. The third-order valence-corrected chi connectivity index (χ3v) is 2.98. The van der Waals surface area contributed by atoms with Crippen LogP contribution < -0.4 is 11.1 Å². The highest BCUT2D eigenvalue weighted by Gasteiger charge is 2.19. The van der Waals surface area contributed by atoms with Gasteiger partial charge in [-0.1, -0.05) is 18.2 Å². The Morgan fingerprint density at radius 2 is 2.05 bits per heavy atom. The topological polar surface area (TPSA) is 95.7 Å². The van der Waals surface area contributed by atoms with Gasteiger partial charge in [0.25, 0.3) is 0 Å². The van der Waals surface area contributed by atoms with E-state index in [9.17, 15) is 14.7 Å². The van der Waals surface area contributed by atoms with Gasteiger partial charge in [-0.3, -0.25) is 9.59 Å². The molecule has 19 heavy (non-hydrogen) atoms. The summed E-state index contributed by atoms with van der Waals surface area (Å²) in [5.41, 5.74) is 5.79. The highest BCUT2D eigenvalue weighted by molar-refractivity contribution is 5.85. The van der Waals surface area contributed by atoms with E-state index in [-0.39, 0.29) is 36.7 Å². The highest BCUT2D eigenvalue weighted by Crippen LogP contribution is 2.26. The molecule has 0 aliphatic heterocycles. The van der Waals surface area contributed by atoms with Crippen LogP contribution in [0.25, 0.3) is 0 Å². The van der Waals surface area contributed by atoms with Crippen molar-refractivity contribution >= 4 is 11.8 Å². The number of carbonyl (C=O) groups excluding carboxylic acids is 2.